The van der Waals surface area contributed by atoms with Gasteiger partial charge in [-0.1, -0.05) is 0 Å². The Morgan fingerprint density at radius 2 is 2.28 bits per heavy atom. The zero-order valence-corrected chi connectivity index (χ0v) is 10.5. The van der Waals surface area contributed by atoms with Gasteiger partial charge in [0.05, 0.1) is 12.8 Å². The molecule has 0 saturated carbocycles. The average Bonchev–Trinajstić information content (AvgIpc) is 2.70. The minimum absolute atomic E-state index is 0.748. The maximum Gasteiger partial charge on any atom is 0.180 e. The highest BCUT2D eigenvalue weighted by molar-refractivity contribution is 5.66. The van der Waals surface area contributed by atoms with Gasteiger partial charge in [0.1, 0.15) is 5.82 Å². The van der Waals surface area contributed by atoms with Gasteiger partial charge < -0.3 is 19.4 Å². The molecule has 1 N–H and O–H groups in total. The van der Waals surface area contributed by atoms with E-state index in [9.17, 15) is 0 Å². The highest BCUT2D eigenvalue weighted by atomic mass is 16.5. The van der Waals surface area contributed by atoms with Crippen LogP contribution in [0.2, 0.25) is 0 Å². The molecule has 1 fully saturated rings. The second kappa shape index (κ2) is 4.81. The maximum atomic E-state index is 5.48. The Hall–Kier alpha value is -1.82. The topological polar surface area (TPSA) is 54.7 Å². The minimum atomic E-state index is 0.748. The van der Waals surface area contributed by atoms with Crippen LogP contribution in [-0.2, 0) is 4.74 Å². The molecule has 0 bridgehead atoms. The average molecular weight is 247 g/mol. The van der Waals surface area contributed by atoms with E-state index in [1.54, 1.807) is 6.20 Å². The number of ether oxygens (including phenoxy) is 1. The van der Waals surface area contributed by atoms with Gasteiger partial charge in [0, 0.05) is 39.1 Å². The van der Waals surface area contributed by atoms with E-state index in [-0.39, 0.29) is 0 Å². The molecule has 3 heterocycles. The first kappa shape index (κ1) is 11.3. The van der Waals surface area contributed by atoms with E-state index < -0.39 is 0 Å². The summed E-state index contributed by atoms with van der Waals surface area (Å²) in [5.74, 6) is 1.78. The molecule has 0 aromatic carbocycles. The minimum Gasteiger partial charge on any atom is -0.380 e. The van der Waals surface area contributed by atoms with E-state index in [0.29, 0.717) is 0 Å². The fraction of sp³-hybridized carbons (Fsp3) is 0.500. The van der Waals surface area contributed by atoms with Crippen LogP contribution >= 0.6 is 0 Å². The Morgan fingerprint density at radius 1 is 1.33 bits per heavy atom. The van der Waals surface area contributed by atoms with E-state index in [2.05, 4.69) is 20.2 Å². The third-order valence-electron chi connectivity index (χ3n) is 3.13. The Bertz CT molecular complexity index is 530. The lowest BCUT2D eigenvalue weighted by atomic mass is 10.4. The monoisotopic (exact) mass is 247 g/mol. The van der Waals surface area contributed by atoms with Crippen molar-refractivity contribution in [1.82, 2.24) is 14.4 Å². The number of imidazole rings is 1. The summed E-state index contributed by atoms with van der Waals surface area (Å²) in [6, 6.07) is 0. The van der Waals surface area contributed by atoms with Gasteiger partial charge in [-0.15, -0.1) is 0 Å². The molecular weight excluding hydrogens is 230 g/mol. The predicted octanol–water partition coefficient (Wildman–Crippen LogP) is 0.998. The number of nitrogens with one attached hydrogen (secondary N) is 1. The van der Waals surface area contributed by atoms with Crippen LogP contribution in [0.15, 0.2) is 18.6 Å². The van der Waals surface area contributed by atoms with Crippen molar-refractivity contribution in [2.45, 2.75) is 6.42 Å². The summed E-state index contributed by atoms with van der Waals surface area (Å²) in [7, 11) is 1.88. The molecule has 2 aromatic heterocycles. The van der Waals surface area contributed by atoms with Gasteiger partial charge in [0.25, 0.3) is 0 Å². The molecule has 96 valence electrons. The normalized spacial score (nSPS) is 16.8. The van der Waals surface area contributed by atoms with Gasteiger partial charge in [-0.25, -0.2) is 9.97 Å². The summed E-state index contributed by atoms with van der Waals surface area (Å²) in [6.45, 7) is 3.40. The van der Waals surface area contributed by atoms with Crippen LogP contribution in [0.5, 0.6) is 0 Å². The van der Waals surface area contributed by atoms with Crippen molar-refractivity contribution in [1.29, 1.82) is 0 Å². The largest absolute Gasteiger partial charge is 0.380 e. The molecular formula is C12H17N5O. The van der Waals surface area contributed by atoms with Crippen molar-refractivity contribution in [3.63, 3.8) is 0 Å². The fourth-order valence-corrected chi connectivity index (χ4v) is 2.21. The fourth-order valence-electron chi connectivity index (χ4n) is 2.21. The summed E-state index contributed by atoms with van der Waals surface area (Å²) in [5.41, 5.74) is 0.899. The first-order valence-corrected chi connectivity index (χ1v) is 6.22. The van der Waals surface area contributed by atoms with Gasteiger partial charge in [-0.3, -0.25) is 0 Å². The van der Waals surface area contributed by atoms with Gasteiger partial charge >= 0.3 is 0 Å². The molecule has 18 heavy (non-hydrogen) atoms. The highest BCUT2D eigenvalue weighted by Crippen LogP contribution is 2.21. The predicted molar refractivity (Wildman–Crippen MR) is 70.2 cm³/mol. The second-order valence-corrected chi connectivity index (χ2v) is 4.31. The smallest absolute Gasteiger partial charge is 0.180 e. The van der Waals surface area contributed by atoms with Crippen molar-refractivity contribution in [3.05, 3.63) is 18.6 Å². The third kappa shape index (κ3) is 1.99. The van der Waals surface area contributed by atoms with Crippen LogP contribution in [0.25, 0.3) is 5.65 Å². The van der Waals surface area contributed by atoms with Gasteiger partial charge in [-0.05, 0) is 6.42 Å². The molecule has 6 nitrogen and oxygen atoms in total. The van der Waals surface area contributed by atoms with Crippen LogP contribution < -0.4 is 10.2 Å². The summed E-state index contributed by atoms with van der Waals surface area (Å²) in [4.78, 5) is 11.3. The Labute approximate surface area is 106 Å². The maximum absolute atomic E-state index is 5.48. The van der Waals surface area contributed by atoms with E-state index in [0.717, 1.165) is 50.0 Å². The summed E-state index contributed by atoms with van der Waals surface area (Å²) in [6.07, 6.45) is 6.71. The van der Waals surface area contributed by atoms with E-state index in [1.165, 1.54) is 0 Å². The molecule has 1 aliphatic rings. The number of hydrogen-bond donors (Lipinski definition) is 1. The Kier molecular flexibility index (Phi) is 3.02. The van der Waals surface area contributed by atoms with Crippen molar-refractivity contribution in [2.75, 3.05) is 43.6 Å². The number of fused-ring (bicyclic) bond motifs is 1. The molecule has 0 unspecified atom stereocenters. The number of rotatable bonds is 2. The standard InChI is InChI=1S/C12H17N5O/c1-13-10-9-17-5-3-14-11(17)12(15-10)16-4-2-7-18-8-6-16/h3,5,9,13H,2,4,6-8H2,1H3. The van der Waals surface area contributed by atoms with Crippen LogP contribution in [-0.4, -0.2) is 47.7 Å². The number of anilines is 2. The molecule has 0 atom stereocenters. The van der Waals surface area contributed by atoms with Crippen LogP contribution in [0.3, 0.4) is 0 Å². The molecule has 1 aliphatic heterocycles. The van der Waals surface area contributed by atoms with E-state index in [4.69, 9.17) is 4.74 Å². The number of aromatic nitrogens is 3. The number of hydrogen-bond acceptors (Lipinski definition) is 5. The summed E-state index contributed by atoms with van der Waals surface area (Å²) >= 11 is 0. The molecule has 0 amide bonds. The van der Waals surface area contributed by atoms with Crippen LogP contribution in [0.4, 0.5) is 11.6 Å². The zero-order valence-electron chi connectivity index (χ0n) is 10.5. The summed E-state index contributed by atoms with van der Waals surface area (Å²) in [5, 5.41) is 3.09. The lowest BCUT2D eigenvalue weighted by Gasteiger charge is -2.21. The van der Waals surface area contributed by atoms with E-state index >= 15 is 0 Å². The first-order chi connectivity index (χ1) is 8.88. The lowest BCUT2D eigenvalue weighted by Crippen LogP contribution is -2.27. The van der Waals surface area contributed by atoms with Crippen molar-refractivity contribution in [3.8, 4) is 0 Å². The van der Waals surface area contributed by atoms with Crippen molar-refractivity contribution < 1.29 is 4.74 Å². The summed E-state index contributed by atoms with van der Waals surface area (Å²) < 4.78 is 7.48. The molecule has 6 heteroatoms. The van der Waals surface area contributed by atoms with Crippen LogP contribution in [0, 0.1) is 0 Å². The quantitative estimate of drug-likeness (QED) is 0.858. The molecule has 0 aliphatic carbocycles. The van der Waals surface area contributed by atoms with Crippen molar-refractivity contribution in [2.24, 2.45) is 0 Å². The Morgan fingerprint density at radius 3 is 3.17 bits per heavy atom. The van der Waals surface area contributed by atoms with Gasteiger partial charge in [-0.2, -0.15) is 0 Å². The lowest BCUT2D eigenvalue weighted by molar-refractivity contribution is 0.152. The Balaban J connectivity index is 2.04. The molecule has 1 saturated heterocycles. The third-order valence-corrected chi connectivity index (χ3v) is 3.13. The van der Waals surface area contributed by atoms with Crippen molar-refractivity contribution >= 4 is 17.3 Å². The molecule has 0 spiro atoms. The first-order valence-electron chi connectivity index (χ1n) is 6.22. The SMILES string of the molecule is CNc1cn2ccnc2c(N2CCCOCC2)n1. The molecule has 2 aromatic rings. The number of nitrogens with zero attached hydrogens (tertiary/aromatic N) is 4. The highest BCUT2D eigenvalue weighted by Gasteiger charge is 2.16. The van der Waals surface area contributed by atoms with Gasteiger partial charge in [0.15, 0.2) is 11.5 Å². The molecule has 3 rings (SSSR count). The molecule has 0 radical (unpaired) electrons. The second-order valence-electron chi connectivity index (χ2n) is 4.31. The van der Waals surface area contributed by atoms with E-state index in [1.807, 2.05) is 23.8 Å². The zero-order chi connectivity index (χ0) is 12.4. The van der Waals surface area contributed by atoms with Crippen LogP contribution in [0.1, 0.15) is 6.42 Å². The van der Waals surface area contributed by atoms with Gasteiger partial charge in [0.2, 0.25) is 0 Å².